The number of nitrogens with zero attached hydrogens (tertiary/aromatic N) is 2. The largest absolute Gasteiger partial charge is 0.468 e. The molecule has 4 atom stereocenters. The number of rotatable bonds is 4. The number of benzene rings is 1. The fourth-order valence-corrected chi connectivity index (χ4v) is 4.08. The van der Waals surface area contributed by atoms with E-state index < -0.39 is 41.1 Å². The first-order valence-electron chi connectivity index (χ1n) is 8.51. The molecule has 0 aromatic heterocycles. The third kappa shape index (κ3) is 2.59. The number of methoxy groups -OCH3 is 1. The summed E-state index contributed by atoms with van der Waals surface area (Å²) in [4.78, 5) is 38.4. The van der Waals surface area contributed by atoms with Gasteiger partial charge in [0.05, 0.1) is 19.2 Å². The van der Waals surface area contributed by atoms with Gasteiger partial charge in [0, 0.05) is 17.7 Å². The topological polar surface area (TPSA) is 113 Å². The number of nitriles is 1. The van der Waals surface area contributed by atoms with Gasteiger partial charge in [-0.15, -0.1) is 0 Å². The zero-order valence-electron chi connectivity index (χ0n) is 15.3. The van der Waals surface area contributed by atoms with Gasteiger partial charge >= 0.3 is 5.97 Å². The number of allylic oxidation sites excluding steroid dienone is 2. The Morgan fingerprint density at radius 1 is 1.32 bits per heavy atom. The zero-order valence-corrected chi connectivity index (χ0v) is 15.3. The number of carbonyl (C=O) groups excluding carboxylic acids is 3. The van der Waals surface area contributed by atoms with E-state index in [4.69, 9.17) is 10.5 Å². The maximum Gasteiger partial charge on any atom is 0.329 e. The van der Waals surface area contributed by atoms with Crippen LogP contribution in [0.2, 0.25) is 0 Å². The number of esters is 1. The summed E-state index contributed by atoms with van der Waals surface area (Å²) < 4.78 is 19.6. The van der Waals surface area contributed by atoms with Crippen LogP contribution in [0.15, 0.2) is 48.2 Å². The van der Waals surface area contributed by atoms with Gasteiger partial charge in [-0.2, -0.15) is 5.26 Å². The second kappa shape index (κ2) is 6.93. The Labute approximate surface area is 160 Å². The van der Waals surface area contributed by atoms with E-state index >= 15 is 0 Å². The number of nitrogens with two attached hydrogens (primary N) is 1. The number of hydrogen-bond donors (Lipinski definition) is 1. The molecule has 2 aliphatic rings. The van der Waals surface area contributed by atoms with Gasteiger partial charge in [0.15, 0.2) is 11.2 Å². The number of ether oxygens (including phenoxy) is 1. The molecule has 1 fully saturated rings. The molecule has 0 bridgehead atoms. The molecule has 2 N–H and O–H groups in total. The molecule has 1 aromatic rings. The van der Waals surface area contributed by atoms with Crippen molar-refractivity contribution in [2.24, 2.45) is 11.1 Å². The maximum atomic E-state index is 14.7. The van der Waals surface area contributed by atoms with Crippen LogP contribution in [-0.2, 0) is 19.1 Å². The lowest BCUT2D eigenvalue weighted by atomic mass is 9.68. The quantitative estimate of drug-likeness (QED) is 0.781. The molecule has 8 heteroatoms. The van der Waals surface area contributed by atoms with Crippen LogP contribution >= 0.6 is 0 Å². The number of ketones is 1. The summed E-state index contributed by atoms with van der Waals surface area (Å²) in [5.74, 6) is -3.95. The minimum atomic E-state index is -1.94. The normalized spacial score (nSPS) is 28.1. The smallest absolute Gasteiger partial charge is 0.329 e. The third-order valence-electron chi connectivity index (χ3n) is 5.31. The zero-order chi connectivity index (χ0) is 20.6. The summed E-state index contributed by atoms with van der Waals surface area (Å²) in [5, 5.41) is 10.1. The Kier molecular flexibility index (Phi) is 4.77. The van der Waals surface area contributed by atoms with Crippen molar-refractivity contribution in [3.63, 3.8) is 0 Å². The fourth-order valence-electron chi connectivity index (χ4n) is 4.08. The molecule has 3 rings (SSSR count). The Balaban J connectivity index is 2.33. The summed E-state index contributed by atoms with van der Waals surface area (Å²) in [6.45, 7) is 1.35. The molecule has 28 heavy (non-hydrogen) atoms. The van der Waals surface area contributed by atoms with Crippen molar-refractivity contribution < 1.29 is 23.5 Å². The van der Waals surface area contributed by atoms with Gasteiger partial charge in [0.1, 0.15) is 11.9 Å². The molecular weight excluding hydrogens is 365 g/mol. The first kappa shape index (κ1) is 19.3. The van der Waals surface area contributed by atoms with Crippen molar-refractivity contribution in [2.45, 2.75) is 24.9 Å². The predicted octanol–water partition coefficient (Wildman–Crippen LogP) is 1.17. The van der Waals surface area contributed by atoms with E-state index in [9.17, 15) is 24.0 Å². The van der Waals surface area contributed by atoms with Crippen LogP contribution in [0.1, 0.15) is 18.4 Å². The lowest BCUT2D eigenvalue weighted by Crippen LogP contribution is -2.45. The van der Waals surface area contributed by atoms with Crippen molar-refractivity contribution in [1.29, 1.82) is 5.26 Å². The van der Waals surface area contributed by atoms with Crippen molar-refractivity contribution in [1.82, 2.24) is 4.90 Å². The predicted molar refractivity (Wildman–Crippen MR) is 95.7 cm³/mol. The maximum absolute atomic E-state index is 14.7. The first-order chi connectivity index (χ1) is 13.3. The summed E-state index contributed by atoms with van der Waals surface area (Å²) in [6, 6.07) is 5.36. The molecule has 144 valence electrons. The highest BCUT2D eigenvalue weighted by atomic mass is 19.1. The summed E-state index contributed by atoms with van der Waals surface area (Å²) in [6.07, 6.45) is 4.34. The molecular formula is C20H18FN3O4. The summed E-state index contributed by atoms with van der Waals surface area (Å²) >= 11 is 0. The number of amides is 1. The third-order valence-corrected chi connectivity index (χ3v) is 5.31. The molecule has 0 saturated carbocycles. The number of primary amides is 1. The second-order valence-electron chi connectivity index (χ2n) is 6.71. The molecule has 1 saturated heterocycles. The molecule has 7 nitrogen and oxygen atoms in total. The van der Waals surface area contributed by atoms with Crippen LogP contribution < -0.4 is 5.73 Å². The molecule has 1 amide bonds. The Hall–Kier alpha value is -3.47. The monoisotopic (exact) mass is 383 g/mol. The van der Waals surface area contributed by atoms with Gasteiger partial charge in [-0.3, -0.25) is 14.4 Å². The van der Waals surface area contributed by atoms with Gasteiger partial charge in [-0.05, 0) is 18.6 Å². The molecule has 0 spiro atoms. The Morgan fingerprint density at radius 2 is 2.00 bits per heavy atom. The van der Waals surface area contributed by atoms with Crippen molar-refractivity contribution >= 4 is 17.7 Å². The van der Waals surface area contributed by atoms with Gasteiger partial charge in [0.2, 0.25) is 5.91 Å². The molecule has 2 heterocycles. The minimum Gasteiger partial charge on any atom is -0.468 e. The average Bonchev–Trinajstić information content (AvgIpc) is 2.98. The number of Topliss-reactive ketones (excluding diaryl/α,β-unsaturated/α-hetero) is 1. The van der Waals surface area contributed by atoms with E-state index in [2.05, 4.69) is 0 Å². The summed E-state index contributed by atoms with van der Waals surface area (Å²) in [7, 11) is 1.12. The number of hydrogen-bond acceptors (Lipinski definition) is 6. The van der Waals surface area contributed by atoms with Crippen molar-refractivity contribution in [3.05, 3.63) is 59.6 Å². The molecule has 1 aromatic carbocycles. The van der Waals surface area contributed by atoms with Gasteiger partial charge in [-0.1, -0.05) is 30.4 Å². The van der Waals surface area contributed by atoms with Gasteiger partial charge in [-0.25, -0.2) is 4.39 Å². The standard InChI is InChI=1S/C20H18FN3O4/c1-11(25)12-7-8-15-20(10-22,19(27)28-2)16(13-5-3-4-6-14(13)21)17(18(23)26)24(15)9-12/h3-9,15-17H,1-2H3,(H2,23,26)/t15-,16-,17+,20+/m1/s1. The van der Waals surface area contributed by atoms with E-state index in [-0.39, 0.29) is 16.9 Å². The average molecular weight is 383 g/mol. The van der Waals surface area contributed by atoms with Gasteiger partial charge in [0.25, 0.3) is 0 Å². The highest BCUT2D eigenvalue weighted by molar-refractivity contribution is 5.97. The SMILES string of the molecule is COC(=O)[C@]1(C#N)[C@H](c2ccccc2F)[C@@H](C(N)=O)N2C=C(C(C)=O)C=C[C@@H]21. The Morgan fingerprint density at radius 3 is 2.54 bits per heavy atom. The van der Waals surface area contributed by atoms with Crippen molar-refractivity contribution in [2.75, 3.05) is 7.11 Å². The highest BCUT2D eigenvalue weighted by Crippen LogP contribution is 2.54. The molecule has 0 aliphatic carbocycles. The van der Waals surface area contributed by atoms with E-state index in [1.165, 1.54) is 48.4 Å². The fraction of sp³-hybridized carbons (Fsp3) is 0.300. The number of carbonyl (C=O) groups is 3. The molecule has 0 radical (unpaired) electrons. The lowest BCUT2D eigenvalue weighted by molar-refractivity contribution is -0.150. The van der Waals surface area contributed by atoms with Crippen LogP contribution in [0.25, 0.3) is 0 Å². The van der Waals surface area contributed by atoms with Crippen LogP contribution in [0, 0.1) is 22.6 Å². The Bertz CT molecular complexity index is 964. The van der Waals surface area contributed by atoms with Crippen LogP contribution in [0.3, 0.4) is 0 Å². The van der Waals surface area contributed by atoms with Crippen LogP contribution in [-0.4, -0.2) is 41.8 Å². The highest BCUT2D eigenvalue weighted by Gasteiger charge is 2.66. The number of halogens is 1. The number of fused-ring (bicyclic) bond motifs is 1. The van der Waals surface area contributed by atoms with Crippen molar-refractivity contribution in [3.8, 4) is 6.07 Å². The second-order valence-corrected chi connectivity index (χ2v) is 6.71. The molecule has 0 unspecified atom stereocenters. The van der Waals surface area contributed by atoms with E-state index in [0.717, 1.165) is 7.11 Å². The van der Waals surface area contributed by atoms with E-state index in [1.54, 1.807) is 6.07 Å². The lowest BCUT2D eigenvalue weighted by Gasteiger charge is -2.32. The first-order valence-corrected chi connectivity index (χ1v) is 8.51. The minimum absolute atomic E-state index is 0.00109. The van der Waals surface area contributed by atoms with Crippen LogP contribution in [0.4, 0.5) is 4.39 Å². The summed E-state index contributed by atoms with van der Waals surface area (Å²) in [5.41, 5.74) is 3.95. The van der Waals surface area contributed by atoms with Crippen LogP contribution in [0.5, 0.6) is 0 Å². The van der Waals surface area contributed by atoms with Gasteiger partial charge < -0.3 is 15.4 Å². The van der Waals surface area contributed by atoms with E-state index in [0.29, 0.717) is 0 Å². The van der Waals surface area contributed by atoms with E-state index in [1.807, 2.05) is 6.07 Å². The molecule has 2 aliphatic heterocycles.